The molecule has 4 rings (SSSR count). The number of amides is 1. The fourth-order valence-corrected chi connectivity index (χ4v) is 4.65. The molecule has 5 heteroatoms. The predicted octanol–water partition coefficient (Wildman–Crippen LogP) is 6.51. The smallest absolute Gasteiger partial charge is 0.266 e. The summed E-state index contributed by atoms with van der Waals surface area (Å²) in [6, 6.07) is 22.9. The summed E-state index contributed by atoms with van der Waals surface area (Å²) in [7, 11) is 0. The molecule has 0 fully saturated rings. The zero-order valence-corrected chi connectivity index (χ0v) is 21.7. The fourth-order valence-electron chi connectivity index (χ4n) is 4.65. The largest absolute Gasteiger partial charge is 0.329 e. The van der Waals surface area contributed by atoms with E-state index in [0.29, 0.717) is 28.8 Å². The van der Waals surface area contributed by atoms with Gasteiger partial charge >= 0.3 is 0 Å². The zero-order chi connectivity index (χ0) is 25.7. The highest BCUT2D eigenvalue weighted by Gasteiger charge is 2.26. The first-order valence-electron chi connectivity index (χ1n) is 13.0. The van der Waals surface area contributed by atoms with Crippen LogP contribution in [0.2, 0.25) is 0 Å². The molecule has 36 heavy (non-hydrogen) atoms. The maximum absolute atomic E-state index is 13.7. The van der Waals surface area contributed by atoms with Crippen LogP contribution in [0.25, 0.3) is 16.6 Å². The summed E-state index contributed by atoms with van der Waals surface area (Å²) >= 11 is 0. The van der Waals surface area contributed by atoms with E-state index in [9.17, 15) is 9.59 Å². The summed E-state index contributed by atoms with van der Waals surface area (Å²) < 4.78 is 1.66. The van der Waals surface area contributed by atoms with Crippen LogP contribution in [-0.2, 0) is 12.8 Å². The summed E-state index contributed by atoms with van der Waals surface area (Å²) in [6.07, 6.45) is 4.21. The van der Waals surface area contributed by atoms with E-state index in [1.54, 1.807) is 15.5 Å². The second-order valence-electron chi connectivity index (χ2n) is 9.22. The second-order valence-corrected chi connectivity index (χ2v) is 9.22. The van der Waals surface area contributed by atoms with Crippen LogP contribution in [0.4, 0.5) is 0 Å². The Kier molecular flexibility index (Phi) is 7.99. The van der Waals surface area contributed by atoms with Gasteiger partial charge in [0.05, 0.1) is 22.6 Å². The van der Waals surface area contributed by atoms with E-state index in [-0.39, 0.29) is 11.5 Å². The molecule has 0 radical (unpaired) electrons. The highest BCUT2D eigenvalue weighted by Crippen LogP contribution is 2.25. The molecule has 4 aromatic rings. The Balaban J connectivity index is 1.77. The second kappa shape index (κ2) is 11.3. The number of hydrogen-bond donors (Lipinski definition) is 0. The molecule has 0 bridgehead atoms. The van der Waals surface area contributed by atoms with Crippen molar-refractivity contribution in [3.63, 3.8) is 0 Å². The van der Waals surface area contributed by atoms with Gasteiger partial charge in [0.1, 0.15) is 5.82 Å². The Bertz CT molecular complexity index is 1390. The van der Waals surface area contributed by atoms with E-state index < -0.39 is 6.04 Å². The van der Waals surface area contributed by atoms with Crippen molar-refractivity contribution in [1.82, 2.24) is 14.5 Å². The Morgan fingerprint density at radius 3 is 2.22 bits per heavy atom. The summed E-state index contributed by atoms with van der Waals surface area (Å²) in [5.74, 6) is 0.486. The van der Waals surface area contributed by atoms with E-state index >= 15 is 0 Å². The lowest BCUT2D eigenvalue weighted by Crippen LogP contribution is -2.37. The fraction of sp³-hybridized carbons (Fsp3) is 0.323. The third-order valence-corrected chi connectivity index (χ3v) is 6.87. The number of benzene rings is 3. The minimum atomic E-state index is -0.412. The van der Waals surface area contributed by atoms with Gasteiger partial charge in [-0.05, 0) is 80.6 Å². The molecule has 0 saturated carbocycles. The number of aromatic nitrogens is 2. The molecular weight excluding hydrogens is 446 g/mol. The Morgan fingerprint density at radius 2 is 1.58 bits per heavy atom. The lowest BCUT2D eigenvalue weighted by Gasteiger charge is -2.29. The lowest BCUT2D eigenvalue weighted by atomic mass is 10.1. The van der Waals surface area contributed by atoms with Gasteiger partial charge < -0.3 is 4.90 Å². The maximum atomic E-state index is 13.7. The van der Waals surface area contributed by atoms with Crippen LogP contribution < -0.4 is 5.56 Å². The molecule has 1 atom stereocenters. The first-order valence-corrected chi connectivity index (χ1v) is 13.0. The van der Waals surface area contributed by atoms with E-state index in [0.717, 1.165) is 31.4 Å². The van der Waals surface area contributed by atoms with Gasteiger partial charge in [0.2, 0.25) is 0 Å². The maximum Gasteiger partial charge on any atom is 0.266 e. The molecule has 186 valence electrons. The molecule has 1 aromatic heterocycles. The molecule has 1 heterocycles. The number of hydrogen-bond acceptors (Lipinski definition) is 3. The third kappa shape index (κ3) is 5.11. The number of carbonyl (C=O) groups excluding carboxylic acids is 1. The van der Waals surface area contributed by atoms with Crippen molar-refractivity contribution in [2.75, 3.05) is 6.54 Å². The SMILES string of the molecule is CCCCc1ccc(C(=O)N(CC)C(C)c2nc3ccccc3c(=O)n2-c2ccc(CC)cc2)cc1. The van der Waals surface area contributed by atoms with Gasteiger partial charge in [0.15, 0.2) is 0 Å². The van der Waals surface area contributed by atoms with Gasteiger partial charge in [0.25, 0.3) is 11.5 Å². The van der Waals surface area contributed by atoms with E-state index in [1.807, 2.05) is 80.6 Å². The van der Waals surface area contributed by atoms with Gasteiger partial charge in [-0.15, -0.1) is 0 Å². The highest BCUT2D eigenvalue weighted by molar-refractivity contribution is 5.94. The molecule has 3 aromatic carbocycles. The summed E-state index contributed by atoms with van der Waals surface area (Å²) in [5.41, 5.74) is 4.34. The van der Waals surface area contributed by atoms with Crippen molar-refractivity contribution in [1.29, 1.82) is 0 Å². The quantitative estimate of drug-likeness (QED) is 0.274. The topological polar surface area (TPSA) is 55.2 Å². The van der Waals surface area contributed by atoms with Gasteiger partial charge in [-0.3, -0.25) is 14.2 Å². The number of fused-ring (bicyclic) bond motifs is 1. The Morgan fingerprint density at radius 1 is 0.917 bits per heavy atom. The average Bonchev–Trinajstić information content (AvgIpc) is 2.92. The van der Waals surface area contributed by atoms with E-state index in [4.69, 9.17) is 4.98 Å². The van der Waals surface area contributed by atoms with E-state index in [2.05, 4.69) is 13.8 Å². The van der Waals surface area contributed by atoms with Crippen molar-refractivity contribution in [2.24, 2.45) is 0 Å². The highest BCUT2D eigenvalue weighted by atomic mass is 16.2. The molecule has 0 saturated heterocycles. The molecule has 5 nitrogen and oxygen atoms in total. The molecule has 0 spiro atoms. The molecular formula is C31H35N3O2. The predicted molar refractivity (Wildman–Crippen MR) is 147 cm³/mol. The Labute approximate surface area is 213 Å². The zero-order valence-electron chi connectivity index (χ0n) is 21.7. The van der Waals surface area contributed by atoms with Gasteiger partial charge in [-0.2, -0.15) is 0 Å². The van der Waals surface area contributed by atoms with Crippen LogP contribution in [0.1, 0.15) is 73.9 Å². The summed E-state index contributed by atoms with van der Waals surface area (Å²) in [5, 5.41) is 0.560. The van der Waals surface area contributed by atoms with Crippen molar-refractivity contribution >= 4 is 16.8 Å². The molecule has 1 unspecified atom stereocenters. The molecule has 0 N–H and O–H groups in total. The monoisotopic (exact) mass is 481 g/mol. The van der Waals surface area contributed by atoms with Crippen LogP contribution in [0.15, 0.2) is 77.6 Å². The van der Waals surface area contributed by atoms with Crippen molar-refractivity contribution in [3.8, 4) is 5.69 Å². The minimum absolute atomic E-state index is 0.0673. The first-order chi connectivity index (χ1) is 17.5. The number of carbonyl (C=O) groups is 1. The van der Waals surface area contributed by atoms with Crippen molar-refractivity contribution in [2.45, 2.75) is 59.4 Å². The number of para-hydroxylation sites is 1. The molecule has 0 aliphatic carbocycles. The van der Waals surface area contributed by atoms with E-state index in [1.165, 1.54) is 11.1 Å². The van der Waals surface area contributed by atoms with Crippen molar-refractivity contribution < 1.29 is 4.79 Å². The summed E-state index contributed by atoms with van der Waals surface area (Å²) in [6.45, 7) is 8.69. The molecule has 1 amide bonds. The van der Waals surface area contributed by atoms with Crippen LogP contribution in [0.5, 0.6) is 0 Å². The third-order valence-electron chi connectivity index (χ3n) is 6.87. The lowest BCUT2D eigenvalue weighted by molar-refractivity contribution is 0.0693. The normalized spacial score (nSPS) is 12.0. The minimum Gasteiger partial charge on any atom is -0.329 e. The van der Waals surface area contributed by atoms with Crippen LogP contribution in [0, 0.1) is 0 Å². The van der Waals surface area contributed by atoms with Crippen LogP contribution in [0.3, 0.4) is 0 Å². The molecule has 0 aliphatic rings. The van der Waals surface area contributed by atoms with Gasteiger partial charge in [-0.1, -0.05) is 56.7 Å². The number of aryl methyl sites for hydroxylation is 2. The van der Waals surface area contributed by atoms with Crippen molar-refractivity contribution in [3.05, 3.63) is 106 Å². The summed E-state index contributed by atoms with van der Waals surface area (Å²) in [4.78, 5) is 34.0. The molecule has 0 aliphatic heterocycles. The van der Waals surface area contributed by atoms with Crippen LogP contribution >= 0.6 is 0 Å². The standard InChI is InChI=1S/C31H35N3O2/c1-5-8-11-24-14-18-25(19-15-24)30(35)33(7-3)22(4)29-32-28-13-10-9-12-27(28)31(36)34(29)26-20-16-23(6-2)17-21-26/h9-10,12-22H,5-8,11H2,1-4H3. The first kappa shape index (κ1) is 25.4. The van der Waals surface area contributed by atoms with Crippen LogP contribution in [-0.4, -0.2) is 26.9 Å². The Hall–Kier alpha value is -3.73. The number of nitrogens with zero attached hydrogens (tertiary/aromatic N) is 3. The number of unbranched alkanes of at least 4 members (excludes halogenated alkanes) is 1. The average molecular weight is 482 g/mol. The number of rotatable bonds is 9. The van der Waals surface area contributed by atoms with Gasteiger partial charge in [0, 0.05) is 12.1 Å². The van der Waals surface area contributed by atoms with Gasteiger partial charge in [-0.25, -0.2) is 4.98 Å².